The highest BCUT2D eigenvalue weighted by Gasteiger charge is 2.17. The van der Waals surface area contributed by atoms with Gasteiger partial charge in [-0.1, -0.05) is 18.2 Å². The van der Waals surface area contributed by atoms with Crippen LogP contribution < -0.4 is 14.2 Å². The van der Waals surface area contributed by atoms with Crippen molar-refractivity contribution in [3.05, 3.63) is 53.6 Å². The molecular weight excluding hydrogens is 318 g/mol. The van der Waals surface area contributed by atoms with E-state index in [2.05, 4.69) is 4.72 Å². The second kappa shape index (κ2) is 6.02. The molecule has 1 aliphatic heterocycles. The van der Waals surface area contributed by atoms with E-state index < -0.39 is 10.0 Å². The molecule has 1 N–H and O–H groups in total. The van der Waals surface area contributed by atoms with Crippen LogP contribution in [-0.2, 0) is 16.6 Å². The predicted octanol–water partition coefficient (Wildman–Crippen LogP) is 2.10. The summed E-state index contributed by atoms with van der Waals surface area (Å²) in [4.78, 5) is 11.4. The van der Waals surface area contributed by atoms with Gasteiger partial charge in [0.25, 0.3) is 0 Å². The second-order valence-corrected chi connectivity index (χ2v) is 6.86. The summed E-state index contributed by atoms with van der Waals surface area (Å²) >= 11 is 0. The van der Waals surface area contributed by atoms with Gasteiger partial charge in [-0.2, -0.15) is 0 Å². The number of sulfonamides is 1. The molecule has 2 aromatic rings. The Hall–Kier alpha value is -2.38. The molecule has 120 valence electrons. The molecule has 0 unspecified atom stereocenters. The van der Waals surface area contributed by atoms with Crippen LogP contribution in [0.15, 0.2) is 47.4 Å². The number of fused-ring (bicyclic) bond motifs is 1. The maximum Gasteiger partial charge on any atom is 0.240 e. The number of ether oxygens (including phenoxy) is 2. The van der Waals surface area contributed by atoms with Crippen molar-refractivity contribution in [3.63, 3.8) is 0 Å². The summed E-state index contributed by atoms with van der Waals surface area (Å²) in [7, 11) is -3.70. The van der Waals surface area contributed by atoms with Crippen LogP contribution in [0.4, 0.5) is 0 Å². The van der Waals surface area contributed by atoms with Gasteiger partial charge in [0, 0.05) is 12.1 Å². The topological polar surface area (TPSA) is 81.7 Å². The third-order valence-electron chi connectivity index (χ3n) is 3.45. The number of hydrogen-bond acceptors (Lipinski definition) is 5. The van der Waals surface area contributed by atoms with E-state index in [1.165, 1.54) is 19.1 Å². The molecule has 23 heavy (non-hydrogen) atoms. The summed E-state index contributed by atoms with van der Waals surface area (Å²) in [6.45, 7) is 1.68. The molecule has 0 radical (unpaired) electrons. The lowest BCUT2D eigenvalue weighted by atomic mass is 10.2. The fourth-order valence-corrected chi connectivity index (χ4v) is 3.26. The summed E-state index contributed by atoms with van der Waals surface area (Å²) in [6.07, 6.45) is 0. The van der Waals surface area contributed by atoms with Gasteiger partial charge in [0.1, 0.15) is 0 Å². The quantitative estimate of drug-likeness (QED) is 0.848. The van der Waals surface area contributed by atoms with Gasteiger partial charge in [-0.25, -0.2) is 13.1 Å². The Morgan fingerprint density at radius 3 is 2.70 bits per heavy atom. The van der Waals surface area contributed by atoms with Gasteiger partial charge in [-0.05, 0) is 36.8 Å². The van der Waals surface area contributed by atoms with E-state index in [-0.39, 0.29) is 24.0 Å². The highest BCUT2D eigenvalue weighted by atomic mass is 32.2. The van der Waals surface area contributed by atoms with E-state index in [1.54, 1.807) is 30.3 Å². The SMILES string of the molecule is CC(=O)c1cccc(S(=O)(=O)NCc2ccc3c(c2)OCO3)c1. The third-order valence-corrected chi connectivity index (χ3v) is 4.85. The van der Waals surface area contributed by atoms with Gasteiger partial charge in [0.15, 0.2) is 17.3 Å². The van der Waals surface area contributed by atoms with Crippen LogP contribution in [0.5, 0.6) is 11.5 Å². The van der Waals surface area contributed by atoms with Crippen molar-refractivity contribution >= 4 is 15.8 Å². The predicted molar refractivity (Wildman–Crippen MR) is 83.0 cm³/mol. The summed E-state index contributed by atoms with van der Waals surface area (Å²) in [6, 6.07) is 11.2. The van der Waals surface area contributed by atoms with Crippen LogP contribution in [0.25, 0.3) is 0 Å². The number of nitrogens with one attached hydrogen (secondary N) is 1. The molecule has 0 fully saturated rings. The monoisotopic (exact) mass is 333 g/mol. The fourth-order valence-electron chi connectivity index (χ4n) is 2.19. The summed E-state index contributed by atoms with van der Waals surface area (Å²) in [5.41, 5.74) is 1.11. The Morgan fingerprint density at radius 2 is 1.91 bits per heavy atom. The highest BCUT2D eigenvalue weighted by molar-refractivity contribution is 7.89. The Labute approximate surface area is 134 Å². The minimum Gasteiger partial charge on any atom is -0.454 e. The lowest BCUT2D eigenvalue weighted by molar-refractivity contribution is 0.101. The zero-order valence-electron chi connectivity index (χ0n) is 12.4. The minimum atomic E-state index is -3.70. The zero-order valence-corrected chi connectivity index (χ0v) is 13.2. The smallest absolute Gasteiger partial charge is 0.240 e. The van der Waals surface area contributed by atoms with Gasteiger partial charge >= 0.3 is 0 Å². The summed E-state index contributed by atoms with van der Waals surface area (Å²) in [5.74, 6) is 1.06. The van der Waals surface area contributed by atoms with E-state index in [0.29, 0.717) is 17.1 Å². The fraction of sp³-hybridized carbons (Fsp3) is 0.188. The van der Waals surface area contributed by atoms with E-state index in [0.717, 1.165) is 5.56 Å². The molecule has 0 amide bonds. The number of ketones is 1. The highest BCUT2D eigenvalue weighted by Crippen LogP contribution is 2.32. The Balaban J connectivity index is 1.76. The van der Waals surface area contributed by atoms with Crippen molar-refractivity contribution in [1.29, 1.82) is 0 Å². The van der Waals surface area contributed by atoms with Gasteiger partial charge < -0.3 is 9.47 Å². The Morgan fingerprint density at radius 1 is 1.13 bits per heavy atom. The number of hydrogen-bond donors (Lipinski definition) is 1. The molecule has 0 saturated heterocycles. The molecule has 7 heteroatoms. The largest absolute Gasteiger partial charge is 0.454 e. The van der Waals surface area contributed by atoms with Crippen molar-refractivity contribution < 1.29 is 22.7 Å². The molecule has 0 bridgehead atoms. The van der Waals surface area contributed by atoms with Crippen LogP contribution in [0, 0.1) is 0 Å². The first-order valence-corrected chi connectivity index (χ1v) is 8.43. The van der Waals surface area contributed by atoms with E-state index >= 15 is 0 Å². The molecule has 0 atom stereocenters. The van der Waals surface area contributed by atoms with Crippen LogP contribution in [-0.4, -0.2) is 21.0 Å². The van der Waals surface area contributed by atoms with Gasteiger partial charge in [0.05, 0.1) is 4.90 Å². The van der Waals surface area contributed by atoms with Crippen LogP contribution in [0.3, 0.4) is 0 Å². The summed E-state index contributed by atoms with van der Waals surface area (Å²) < 4.78 is 37.7. The molecule has 0 aromatic heterocycles. The molecule has 6 nitrogen and oxygen atoms in total. The lowest BCUT2D eigenvalue weighted by Gasteiger charge is -2.08. The lowest BCUT2D eigenvalue weighted by Crippen LogP contribution is -2.23. The number of Topliss-reactive ketones (excluding diaryl/α,β-unsaturated/α-hetero) is 1. The molecule has 0 saturated carbocycles. The molecule has 0 aliphatic carbocycles. The summed E-state index contributed by atoms with van der Waals surface area (Å²) in [5, 5.41) is 0. The van der Waals surface area contributed by atoms with Crippen molar-refractivity contribution in [2.75, 3.05) is 6.79 Å². The molecule has 1 aliphatic rings. The van der Waals surface area contributed by atoms with Crippen LogP contribution in [0.2, 0.25) is 0 Å². The first-order chi connectivity index (χ1) is 11.0. The van der Waals surface area contributed by atoms with Crippen molar-refractivity contribution in [3.8, 4) is 11.5 Å². The molecular formula is C16H15NO5S. The van der Waals surface area contributed by atoms with Crippen molar-refractivity contribution in [2.24, 2.45) is 0 Å². The van der Waals surface area contributed by atoms with E-state index in [1.807, 2.05) is 0 Å². The average Bonchev–Trinajstić information content (AvgIpc) is 3.01. The zero-order chi connectivity index (χ0) is 16.4. The molecule has 3 rings (SSSR count). The van der Waals surface area contributed by atoms with Gasteiger partial charge in [-0.3, -0.25) is 4.79 Å². The second-order valence-electron chi connectivity index (χ2n) is 5.10. The molecule has 0 spiro atoms. The number of benzene rings is 2. The first-order valence-electron chi connectivity index (χ1n) is 6.95. The molecule has 1 heterocycles. The Bertz CT molecular complexity index is 861. The van der Waals surface area contributed by atoms with E-state index in [9.17, 15) is 13.2 Å². The third kappa shape index (κ3) is 3.35. The van der Waals surface area contributed by atoms with Gasteiger partial charge in [0.2, 0.25) is 16.8 Å². The maximum absolute atomic E-state index is 12.3. The number of rotatable bonds is 5. The van der Waals surface area contributed by atoms with Crippen LogP contribution >= 0.6 is 0 Å². The first kappa shape index (κ1) is 15.5. The number of carbonyl (C=O) groups excluding carboxylic acids is 1. The van der Waals surface area contributed by atoms with Crippen molar-refractivity contribution in [1.82, 2.24) is 4.72 Å². The minimum absolute atomic E-state index is 0.0611. The standard InChI is InChI=1S/C16H15NO5S/c1-11(18)13-3-2-4-14(8-13)23(19,20)17-9-12-5-6-15-16(7-12)22-10-21-15/h2-8,17H,9-10H2,1H3. The molecule has 2 aromatic carbocycles. The average molecular weight is 333 g/mol. The van der Waals surface area contributed by atoms with E-state index in [4.69, 9.17) is 9.47 Å². The van der Waals surface area contributed by atoms with Crippen LogP contribution in [0.1, 0.15) is 22.8 Å². The van der Waals surface area contributed by atoms with Crippen molar-refractivity contribution in [2.45, 2.75) is 18.4 Å². The maximum atomic E-state index is 12.3. The number of carbonyl (C=O) groups is 1. The Kier molecular flexibility index (Phi) is 4.06. The van der Waals surface area contributed by atoms with Gasteiger partial charge in [-0.15, -0.1) is 0 Å². The normalized spacial score (nSPS) is 13.1.